The highest BCUT2D eigenvalue weighted by Crippen LogP contribution is 2.17. The van der Waals surface area contributed by atoms with E-state index >= 15 is 0 Å². The molecular weight excluding hydrogens is 206 g/mol. The predicted molar refractivity (Wildman–Crippen MR) is 59.5 cm³/mol. The smallest absolute Gasteiger partial charge is 0.240 e. The van der Waals surface area contributed by atoms with Gasteiger partial charge >= 0.3 is 0 Å². The topological polar surface area (TPSA) is 60.2 Å². The third kappa shape index (κ3) is 3.65. The van der Waals surface area contributed by atoms with Gasteiger partial charge in [-0.05, 0) is 13.3 Å². The van der Waals surface area contributed by atoms with Gasteiger partial charge in [0.15, 0.2) is 0 Å². The molecule has 0 saturated heterocycles. The summed E-state index contributed by atoms with van der Waals surface area (Å²) in [7, 11) is 0. The average Bonchev–Trinajstić information content (AvgIpc) is 2.75. The lowest BCUT2D eigenvalue weighted by molar-refractivity contribution is 0.0518. The van der Waals surface area contributed by atoms with E-state index in [9.17, 15) is 0 Å². The monoisotopic (exact) mass is 223 g/mol. The Morgan fingerprint density at radius 1 is 1.56 bits per heavy atom. The van der Waals surface area contributed by atoms with Crippen molar-refractivity contribution in [1.29, 1.82) is 0 Å². The van der Waals surface area contributed by atoms with E-state index in [2.05, 4.69) is 21.4 Å². The van der Waals surface area contributed by atoms with Crippen LogP contribution in [0.15, 0.2) is 4.52 Å². The van der Waals surface area contributed by atoms with Crippen molar-refractivity contribution in [2.24, 2.45) is 0 Å². The molecule has 0 radical (unpaired) electrons. The highest BCUT2D eigenvalue weighted by molar-refractivity contribution is 4.92. The van der Waals surface area contributed by atoms with E-state index in [0.29, 0.717) is 31.4 Å². The summed E-state index contributed by atoms with van der Waals surface area (Å²) in [5, 5.41) is 6.86. The summed E-state index contributed by atoms with van der Waals surface area (Å²) in [6, 6.07) is 0. The number of aromatic nitrogens is 2. The molecule has 0 amide bonds. The zero-order valence-electron chi connectivity index (χ0n) is 9.69. The van der Waals surface area contributed by atoms with E-state index in [4.69, 9.17) is 15.7 Å². The summed E-state index contributed by atoms with van der Waals surface area (Å²) < 4.78 is 10.5. The Bertz CT molecular complexity index is 343. The summed E-state index contributed by atoms with van der Waals surface area (Å²) in [5.41, 5.74) is 0. The van der Waals surface area contributed by atoms with Gasteiger partial charge in [0, 0.05) is 6.61 Å². The second kappa shape index (κ2) is 6.99. The van der Waals surface area contributed by atoms with Crippen LogP contribution in [0.2, 0.25) is 0 Å². The highest BCUT2D eigenvalue weighted by atomic mass is 16.5. The van der Waals surface area contributed by atoms with E-state index in [1.54, 1.807) is 0 Å². The van der Waals surface area contributed by atoms with Gasteiger partial charge in [-0.25, -0.2) is 0 Å². The zero-order chi connectivity index (χ0) is 11.8. The van der Waals surface area contributed by atoms with Crippen molar-refractivity contribution in [1.82, 2.24) is 15.5 Å². The number of ether oxygens (including phenoxy) is 1. The van der Waals surface area contributed by atoms with Crippen molar-refractivity contribution in [2.75, 3.05) is 13.2 Å². The van der Waals surface area contributed by atoms with E-state index in [1.807, 2.05) is 13.8 Å². The molecule has 0 aliphatic rings. The molecule has 0 aromatic carbocycles. The lowest BCUT2D eigenvalue weighted by Crippen LogP contribution is -2.13. The number of terminal acetylenes is 1. The van der Waals surface area contributed by atoms with E-state index < -0.39 is 0 Å². The second-order valence-electron chi connectivity index (χ2n) is 3.21. The Hall–Kier alpha value is -1.38. The summed E-state index contributed by atoms with van der Waals surface area (Å²) in [6.45, 7) is 5.57. The summed E-state index contributed by atoms with van der Waals surface area (Å²) in [5.74, 6) is 3.60. The first-order valence-electron chi connectivity index (χ1n) is 5.40. The lowest BCUT2D eigenvalue weighted by atomic mass is 10.2. The molecule has 0 aliphatic heterocycles. The molecule has 0 aliphatic carbocycles. The first-order chi connectivity index (χ1) is 7.81. The number of nitrogens with zero attached hydrogens (tertiary/aromatic N) is 2. The first kappa shape index (κ1) is 12.7. The average molecular weight is 223 g/mol. The third-order valence-corrected chi connectivity index (χ3v) is 2.01. The van der Waals surface area contributed by atoms with E-state index in [-0.39, 0.29) is 6.10 Å². The number of rotatable bonds is 7. The van der Waals surface area contributed by atoms with Crippen LogP contribution in [-0.4, -0.2) is 23.3 Å². The van der Waals surface area contributed by atoms with Crippen LogP contribution in [-0.2, 0) is 11.3 Å². The van der Waals surface area contributed by atoms with Crippen LogP contribution >= 0.6 is 0 Å². The molecule has 1 unspecified atom stereocenters. The van der Waals surface area contributed by atoms with Crippen molar-refractivity contribution < 1.29 is 9.26 Å². The van der Waals surface area contributed by atoms with Gasteiger partial charge in [-0.2, -0.15) is 4.98 Å². The first-order valence-corrected chi connectivity index (χ1v) is 5.40. The van der Waals surface area contributed by atoms with Gasteiger partial charge in [-0.3, -0.25) is 5.32 Å². The fourth-order valence-corrected chi connectivity index (χ4v) is 1.29. The molecule has 5 nitrogen and oxygen atoms in total. The molecule has 1 N–H and O–H groups in total. The Morgan fingerprint density at radius 2 is 2.38 bits per heavy atom. The molecule has 88 valence electrons. The molecule has 0 saturated carbocycles. The second-order valence-corrected chi connectivity index (χ2v) is 3.21. The fourth-order valence-electron chi connectivity index (χ4n) is 1.29. The molecule has 5 heteroatoms. The van der Waals surface area contributed by atoms with Crippen LogP contribution in [0.25, 0.3) is 0 Å². The minimum Gasteiger partial charge on any atom is -0.370 e. The van der Waals surface area contributed by atoms with Crippen LogP contribution in [0.4, 0.5) is 0 Å². The van der Waals surface area contributed by atoms with Gasteiger partial charge in [-0.1, -0.05) is 18.0 Å². The van der Waals surface area contributed by atoms with Gasteiger partial charge in [-0.15, -0.1) is 6.42 Å². The minimum absolute atomic E-state index is 0.0878. The van der Waals surface area contributed by atoms with Gasteiger partial charge in [0.25, 0.3) is 0 Å². The molecule has 1 atom stereocenters. The summed E-state index contributed by atoms with van der Waals surface area (Å²) in [4.78, 5) is 4.24. The maximum absolute atomic E-state index is 5.48. The SMILES string of the molecule is C#CCNCc1nc(C(CC)OCC)no1. The largest absolute Gasteiger partial charge is 0.370 e. The minimum atomic E-state index is -0.0878. The molecule has 0 bridgehead atoms. The van der Waals surface area contributed by atoms with Crippen LogP contribution in [0, 0.1) is 12.3 Å². The normalized spacial score (nSPS) is 12.3. The molecule has 1 rings (SSSR count). The third-order valence-electron chi connectivity index (χ3n) is 2.01. The molecule has 0 fully saturated rings. The molecule has 16 heavy (non-hydrogen) atoms. The predicted octanol–water partition coefficient (Wildman–Crippen LogP) is 1.28. The fraction of sp³-hybridized carbons (Fsp3) is 0.636. The van der Waals surface area contributed by atoms with Crippen molar-refractivity contribution in [3.63, 3.8) is 0 Å². The standard InChI is InChI=1S/C11H17N3O2/c1-4-7-12-8-10-13-11(14-16-10)9(5-2)15-6-3/h1,9,12H,5-8H2,2-3H3. The molecule has 1 heterocycles. The van der Waals surface area contributed by atoms with Gasteiger partial charge in [0.2, 0.25) is 11.7 Å². The Labute approximate surface area is 95.6 Å². The summed E-state index contributed by atoms with van der Waals surface area (Å²) >= 11 is 0. The maximum Gasteiger partial charge on any atom is 0.240 e. The Balaban J connectivity index is 2.52. The zero-order valence-corrected chi connectivity index (χ0v) is 9.69. The Morgan fingerprint density at radius 3 is 3.00 bits per heavy atom. The Kier molecular flexibility index (Phi) is 5.54. The van der Waals surface area contributed by atoms with Crippen LogP contribution < -0.4 is 5.32 Å². The van der Waals surface area contributed by atoms with Crippen LogP contribution in [0.1, 0.15) is 38.1 Å². The van der Waals surface area contributed by atoms with Crippen LogP contribution in [0.3, 0.4) is 0 Å². The van der Waals surface area contributed by atoms with Crippen molar-refractivity contribution in [3.05, 3.63) is 11.7 Å². The molecule has 1 aromatic heterocycles. The lowest BCUT2D eigenvalue weighted by Gasteiger charge is -2.09. The number of hydrogen-bond donors (Lipinski definition) is 1. The molecule has 0 spiro atoms. The number of hydrogen-bond acceptors (Lipinski definition) is 5. The van der Waals surface area contributed by atoms with E-state index in [0.717, 1.165) is 6.42 Å². The highest BCUT2D eigenvalue weighted by Gasteiger charge is 2.16. The van der Waals surface area contributed by atoms with Gasteiger partial charge < -0.3 is 9.26 Å². The quantitative estimate of drug-likeness (QED) is 0.557. The van der Waals surface area contributed by atoms with Crippen molar-refractivity contribution >= 4 is 0 Å². The van der Waals surface area contributed by atoms with Crippen molar-refractivity contribution in [3.8, 4) is 12.3 Å². The maximum atomic E-state index is 5.48. The van der Waals surface area contributed by atoms with Gasteiger partial charge in [0.1, 0.15) is 6.10 Å². The number of nitrogens with one attached hydrogen (secondary N) is 1. The van der Waals surface area contributed by atoms with Crippen LogP contribution in [0.5, 0.6) is 0 Å². The van der Waals surface area contributed by atoms with Gasteiger partial charge in [0.05, 0.1) is 13.1 Å². The van der Waals surface area contributed by atoms with E-state index in [1.165, 1.54) is 0 Å². The van der Waals surface area contributed by atoms with Crippen molar-refractivity contribution in [2.45, 2.75) is 32.9 Å². The molecular formula is C11H17N3O2. The molecule has 1 aromatic rings. The summed E-state index contributed by atoms with van der Waals surface area (Å²) in [6.07, 6.45) is 5.84.